The number of carbonyl (C=O) groups is 1. The highest BCUT2D eigenvalue weighted by atomic mass is 32.2. The van der Waals surface area contributed by atoms with Crippen molar-refractivity contribution < 1.29 is 9.53 Å². The van der Waals surface area contributed by atoms with E-state index in [4.69, 9.17) is 4.74 Å². The maximum absolute atomic E-state index is 12.0. The van der Waals surface area contributed by atoms with Crippen molar-refractivity contribution in [2.45, 2.75) is 44.0 Å². The van der Waals surface area contributed by atoms with E-state index < -0.39 is 5.54 Å². The second-order valence-electron chi connectivity index (χ2n) is 5.66. The molecule has 0 aromatic heterocycles. The van der Waals surface area contributed by atoms with Gasteiger partial charge in [-0.1, -0.05) is 24.3 Å². The molecule has 1 aromatic rings. The Morgan fingerprint density at radius 3 is 2.75 bits per heavy atom. The molecular weight excluding hydrogens is 270 g/mol. The molecule has 0 bridgehead atoms. The van der Waals surface area contributed by atoms with Crippen LogP contribution in [-0.4, -0.2) is 30.4 Å². The summed E-state index contributed by atoms with van der Waals surface area (Å²) in [6, 6.07) is 8.86. The quantitative estimate of drug-likeness (QED) is 0.785. The Kier molecular flexibility index (Phi) is 5.11. The summed E-state index contributed by atoms with van der Waals surface area (Å²) in [5, 5.41) is 3.42. The molecule has 0 heterocycles. The number of benzene rings is 1. The Morgan fingerprint density at radius 1 is 1.45 bits per heavy atom. The van der Waals surface area contributed by atoms with Gasteiger partial charge in [-0.05, 0) is 37.8 Å². The molecule has 1 aromatic carbocycles. The summed E-state index contributed by atoms with van der Waals surface area (Å²) in [4.78, 5) is 12.0. The molecule has 4 heteroatoms. The van der Waals surface area contributed by atoms with Gasteiger partial charge < -0.3 is 4.74 Å². The zero-order valence-electron chi connectivity index (χ0n) is 12.4. The minimum Gasteiger partial charge on any atom is -0.468 e. The predicted octanol–water partition coefficient (Wildman–Crippen LogP) is 2.91. The Bertz CT molecular complexity index is 473. The summed E-state index contributed by atoms with van der Waals surface area (Å²) in [7, 11) is 1.46. The maximum atomic E-state index is 12.0. The second kappa shape index (κ2) is 6.64. The molecule has 1 unspecified atom stereocenters. The van der Waals surface area contributed by atoms with E-state index in [0.29, 0.717) is 6.04 Å². The zero-order valence-corrected chi connectivity index (χ0v) is 13.3. The molecule has 3 nitrogen and oxygen atoms in total. The molecule has 1 aliphatic rings. The molecule has 0 spiro atoms. The zero-order chi connectivity index (χ0) is 14.6. The molecule has 110 valence electrons. The average Bonchev–Trinajstić information content (AvgIpc) is 3.23. The number of carbonyl (C=O) groups excluding carboxylic acids is 1. The normalized spacial score (nSPS) is 17.6. The number of aryl methyl sites for hydroxylation is 1. The van der Waals surface area contributed by atoms with Crippen LogP contribution in [0.2, 0.25) is 0 Å². The standard InChI is InChI=1S/C16H23NO2S/c1-12-6-4-5-7-13(12)10-20-11-16(2,15(18)19-3)17-14-8-9-14/h4-7,14,17H,8-11H2,1-3H3. The van der Waals surface area contributed by atoms with E-state index in [1.807, 2.05) is 6.92 Å². The average molecular weight is 293 g/mol. The van der Waals surface area contributed by atoms with Crippen molar-refractivity contribution in [3.05, 3.63) is 35.4 Å². The summed E-state index contributed by atoms with van der Waals surface area (Å²) in [6.45, 7) is 4.07. The number of ether oxygens (including phenoxy) is 1. The van der Waals surface area contributed by atoms with Crippen molar-refractivity contribution in [3.63, 3.8) is 0 Å². The maximum Gasteiger partial charge on any atom is 0.326 e. The smallest absolute Gasteiger partial charge is 0.326 e. The molecule has 1 fully saturated rings. The topological polar surface area (TPSA) is 38.3 Å². The Hall–Kier alpha value is -1.00. The van der Waals surface area contributed by atoms with Crippen LogP contribution in [0.3, 0.4) is 0 Å². The summed E-state index contributed by atoms with van der Waals surface area (Å²) < 4.78 is 4.96. The number of hydrogen-bond donors (Lipinski definition) is 1. The number of thioether (sulfide) groups is 1. The first-order valence-corrected chi connectivity index (χ1v) is 8.19. The number of methoxy groups -OCH3 is 1. The number of nitrogens with one attached hydrogen (secondary N) is 1. The summed E-state index contributed by atoms with van der Waals surface area (Å²) in [6.07, 6.45) is 2.32. The van der Waals surface area contributed by atoms with Gasteiger partial charge in [-0.2, -0.15) is 11.8 Å². The fourth-order valence-corrected chi connectivity index (χ4v) is 3.46. The van der Waals surface area contributed by atoms with Gasteiger partial charge >= 0.3 is 5.97 Å². The van der Waals surface area contributed by atoms with Crippen LogP contribution in [-0.2, 0) is 15.3 Å². The van der Waals surface area contributed by atoms with Crippen LogP contribution in [0.1, 0.15) is 30.9 Å². The molecular formula is C16H23NO2S. The van der Waals surface area contributed by atoms with Crippen LogP contribution in [0, 0.1) is 6.92 Å². The Balaban J connectivity index is 1.91. The van der Waals surface area contributed by atoms with Crippen molar-refractivity contribution >= 4 is 17.7 Å². The molecule has 1 aliphatic carbocycles. The van der Waals surface area contributed by atoms with E-state index in [0.717, 1.165) is 24.3 Å². The third-order valence-electron chi connectivity index (χ3n) is 3.65. The predicted molar refractivity (Wildman–Crippen MR) is 83.9 cm³/mol. The summed E-state index contributed by atoms with van der Waals surface area (Å²) in [5.74, 6) is 1.48. The third kappa shape index (κ3) is 4.00. The fourth-order valence-electron chi connectivity index (χ4n) is 2.20. The molecule has 1 N–H and O–H groups in total. The van der Waals surface area contributed by atoms with Gasteiger partial charge in [-0.15, -0.1) is 0 Å². The van der Waals surface area contributed by atoms with E-state index in [1.165, 1.54) is 18.2 Å². The van der Waals surface area contributed by atoms with Gasteiger partial charge in [0.1, 0.15) is 5.54 Å². The summed E-state index contributed by atoms with van der Waals surface area (Å²) >= 11 is 1.78. The lowest BCUT2D eigenvalue weighted by atomic mass is 10.1. The fraction of sp³-hybridized carbons (Fsp3) is 0.562. The number of hydrogen-bond acceptors (Lipinski definition) is 4. The molecule has 0 amide bonds. The first-order valence-electron chi connectivity index (χ1n) is 7.03. The van der Waals surface area contributed by atoms with Gasteiger partial charge in [0.15, 0.2) is 0 Å². The monoisotopic (exact) mass is 293 g/mol. The van der Waals surface area contributed by atoms with Crippen LogP contribution < -0.4 is 5.32 Å². The second-order valence-corrected chi connectivity index (χ2v) is 6.65. The van der Waals surface area contributed by atoms with E-state index in [9.17, 15) is 4.79 Å². The molecule has 1 atom stereocenters. The summed E-state index contributed by atoms with van der Waals surface area (Å²) in [5.41, 5.74) is 2.05. The van der Waals surface area contributed by atoms with Crippen LogP contribution in [0.5, 0.6) is 0 Å². The number of rotatable bonds is 7. The molecule has 2 rings (SSSR count). The van der Waals surface area contributed by atoms with Crippen LogP contribution in [0.4, 0.5) is 0 Å². The van der Waals surface area contributed by atoms with Crippen molar-refractivity contribution in [2.24, 2.45) is 0 Å². The number of esters is 1. The lowest BCUT2D eigenvalue weighted by Gasteiger charge is -2.27. The lowest BCUT2D eigenvalue weighted by molar-refractivity contribution is -0.147. The highest BCUT2D eigenvalue weighted by Gasteiger charge is 2.39. The highest BCUT2D eigenvalue weighted by Crippen LogP contribution is 2.26. The van der Waals surface area contributed by atoms with Gasteiger partial charge in [0, 0.05) is 17.5 Å². The first kappa shape index (κ1) is 15.4. The van der Waals surface area contributed by atoms with Crippen LogP contribution >= 0.6 is 11.8 Å². The van der Waals surface area contributed by atoms with E-state index in [1.54, 1.807) is 11.8 Å². The lowest BCUT2D eigenvalue weighted by Crippen LogP contribution is -2.53. The van der Waals surface area contributed by atoms with Crippen LogP contribution in [0.25, 0.3) is 0 Å². The van der Waals surface area contributed by atoms with E-state index in [-0.39, 0.29) is 5.97 Å². The van der Waals surface area contributed by atoms with Crippen molar-refractivity contribution in [1.29, 1.82) is 0 Å². The van der Waals surface area contributed by atoms with Crippen molar-refractivity contribution in [1.82, 2.24) is 5.32 Å². The van der Waals surface area contributed by atoms with Gasteiger partial charge in [0.25, 0.3) is 0 Å². The molecule has 0 saturated heterocycles. The van der Waals surface area contributed by atoms with Gasteiger partial charge in [0.05, 0.1) is 7.11 Å². The van der Waals surface area contributed by atoms with Crippen molar-refractivity contribution in [2.75, 3.05) is 12.9 Å². The van der Waals surface area contributed by atoms with Crippen molar-refractivity contribution in [3.8, 4) is 0 Å². The minimum absolute atomic E-state index is 0.165. The van der Waals surface area contributed by atoms with Gasteiger partial charge in [0.2, 0.25) is 0 Å². The Morgan fingerprint density at radius 2 is 2.15 bits per heavy atom. The molecule has 0 radical (unpaired) electrons. The minimum atomic E-state index is -0.580. The van der Waals surface area contributed by atoms with Gasteiger partial charge in [-0.3, -0.25) is 10.1 Å². The first-order chi connectivity index (χ1) is 9.55. The molecule has 20 heavy (non-hydrogen) atoms. The van der Waals surface area contributed by atoms with Gasteiger partial charge in [-0.25, -0.2) is 0 Å². The highest BCUT2D eigenvalue weighted by molar-refractivity contribution is 7.98. The molecule has 1 saturated carbocycles. The SMILES string of the molecule is COC(=O)C(C)(CSCc1ccccc1C)NC1CC1. The Labute approximate surface area is 125 Å². The molecule has 0 aliphatic heterocycles. The van der Waals surface area contributed by atoms with E-state index >= 15 is 0 Å². The largest absolute Gasteiger partial charge is 0.468 e. The van der Waals surface area contributed by atoms with E-state index in [2.05, 4.69) is 36.5 Å². The third-order valence-corrected chi connectivity index (χ3v) is 4.94. The van der Waals surface area contributed by atoms with Crippen LogP contribution in [0.15, 0.2) is 24.3 Å².